The van der Waals surface area contributed by atoms with Crippen LogP contribution in [-0.2, 0) is 29.6 Å². The van der Waals surface area contributed by atoms with E-state index in [-0.39, 0.29) is 5.56 Å². The van der Waals surface area contributed by atoms with E-state index in [0.29, 0.717) is 6.07 Å². The quantitative estimate of drug-likeness (QED) is 0.361. The van der Waals surface area contributed by atoms with Gasteiger partial charge in [0.25, 0.3) is 10.1 Å². The maximum absolute atomic E-state index is 12.7. The predicted molar refractivity (Wildman–Crippen MR) is 60.8 cm³/mol. The van der Waals surface area contributed by atoms with Crippen LogP contribution < -0.4 is 0 Å². The molecule has 0 spiro atoms. The average molecular weight is 318 g/mol. The summed E-state index contributed by atoms with van der Waals surface area (Å²) in [6, 6.07) is 2.95. The fourth-order valence-corrected chi connectivity index (χ4v) is 2.82. The third kappa shape index (κ3) is 4.04. The molecule has 5 nitrogen and oxygen atoms in total. The van der Waals surface area contributed by atoms with E-state index in [0.717, 1.165) is 6.07 Å². The third-order valence-electron chi connectivity index (χ3n) is 2.11. The Morgan fingerprint density at radius 3 is 2.47 bits per heavy atom. The minimum Gasteiger partial charge on any atom is -0.304 e. The van der Waals surface area contributed by atoms with Crippen LogP contribution in [0, 0.1) is 6.92 Å². The molecule has 1 aromatic carbocycles. The van der Waals surface area contributed by atoms with Crippen LogP contribution in [0.4, 0.5) is 13.2 Å². The first-order valence-corrected chi connectivity index (χ1v) is 7.16. The predicted octanol–water partition coefficient (Wildman–Crippen LogP) is 2.36. The normalized spacial score (nSPS) is 13.3. The summed E-state index contributed by atoms with van der Waals surface area (Å²) in [5.74, 6) is 0. The summed E-state index contributed by atoms with van der Waals surface area (Å²) in [5.41, 5.74) is -1.42. The third-order valence-corrected chi connectivity index (χ3v) is 3.83. The van der Waals surface area contributed by atoms with Gasteiger partial charge in [-0.05, 0) is 18.6 Å². The number of hydrogen-bond acceptors (Lipinski definition) is 5. The van der Waals surface area contributed by atoms with Crippen molar-refractivity contribution < 1.29 is 34.9 Å². The van der Waals surface area contributed by atoms with Gasteiger partial charge in [-0.15, -0.1) is 0 Å². The molecule has 19 heavy (non-hydrogen) atoms. The molecular weight excluding hydrogens is 308 g/mol. The second-order valence-electron chi connectivity index (χ2n) is 3.40. The summed E-state index contributed by atoms with van der Waals surface area (Å²) in [6.07, 6.45) is -4.83. The van der Waals surface area contributed by atoms with Gasteiger partial charge in [0, 0.05) is 0 Å². The summed E-state index contributed by atoms with van der Waals surface area (Å²) >= 11 is 0. The van der Waals surface area contributed by atoms with Crippen LogP contribution in [0.5, 0.6) is 0 Å². The number of hydrogen-bond donors (Lipinski definition) is 0. The minimum absolute atomic E-state index is 0.107. The standard InChI is InChI=1S/C9H10F3O5PS/c1-6-3-2-4-7(9(10,11)12)8(6)19(14,15)17-5-16-18-13/h2-4H,5,18H2,1H3. The highest BCUT2D eigenvalue weighted by Gasteiger charge is 2.38. The molecule has 0 radical (unpaired) electrons. The highest BCUT2D eigenvalue weighted by Crippen LogP contribution is 2.36. The molecule has 0 aromatic heterocycles. The van der Waals surface area contributed by atoms with Gasteiger partial charge in [-0.3, -0.25) is 4.57 Å². The molecule has 0 aliphatic carbocycles. The Bertz CT molecular complexity index is 570. The van der Waals surface area contributed by atoms with Crippen molar-refractivity contribution in [1.82, 2.24) is 0 Å². The van der Waals surface area contributed by atoms with Crippen LogP contribution >= 0.6 is 8.69 Å². The van der Waals surface area contributed by atoms with Crippen LogP contribution in [0.3, 0.4) is 0 Å². The molecule has 0 fully saturated rings. The summed E-state index contributed by atoms with van der Waals surface area (Å²) in [4.78, 5) is -0.966. The van der Waals surface area contributed by atoms with E-state index in [9.17, 15) is 26.2 Å². The lowest BCUT2D eigenvalue weighted by atomic mass is 10.1. The number of halogens is 3. The molecule has 1 rings (SSSR count). The van der Waals surface area contributed by atoms with Gasteiger partial charge < -0.3 is 4.52 Å². The van der Waals surface area contributed by atoms with Crippen LogP contribution in [0.15, 0.2) is 23.1 Å². The van der Waals surface area contributed by atoms with E-state index in [4.69, 9.17) is 0 Å². The number of aryl methyl sites for hydroxylation is 1. The molecule has 0 N–H and O–H groups in total. The van der Waals surface area contributed by atoms with Gasteiger partial charge in [-0.25, -0.2) is 4.18 Å². The topological polar surface area (TPSA) is 69.7 Å². The zero-order valence-corrected chi connectivity index (χ0v) is 11.6. The lowest BCUT2D eigenvalue weighted by Crippen LogP contribution is -2.17. The first kappa shape index (κ1) is 16.2. The van der Waals surface area contributed by atoms with Crippen LogP contribution in [0.25, 0.3) is 0 Å². The first-order chi connectivity index (χ1) is 8.70. The Morgan fingerprint density at radius 2 is 1.95 bits per heavy atom. The number of benzene rings is 1. The van der Waals surface area contributed by atoms with Gasteiger partial charge in [0.2, 0.25) is 0 Å². The van der Waals surface area contributed by atoms with E-state index in [1.54, 1.807) is 0 Å². The summed E-state index contributed by atoms with van der Waals surface area (Å²) in [6.45, 7) is 0.317. The average Bonchev–Trinajstić information content (AvgIpc) is 2.27. The lowest BCUT2D eigenvalue weighted by Gasteiger charge is -2.14. The Balaban J connectivity index is 3.29. The van der Waals surface area contributed by atoms with Crippen LogP contribution in [-0.4, -0.2) is 15.2 Å². The fraction of sp³-hybridized carbons (Fsp3) is 0.333. The van der Waals surface area contributed by atoms with Crippen molar-refractivity contribution in [3.05, 3.63) is 29.3 Å². The van der Waals surface area contributed by atoms with Gasteiger partial charge >= 0.3 is 6.18 Å². The van der Waals surface area contributed by atoms with Crippen molar-refractivity contribution in [2.24, 2.45) is 0 Å². The van der Waals surface area contributed by atoms with Gasteiger partial charge in [-0.2, -0.15) is 21.6 Å². The van der Waals surface area contributed by atoms with Gasteiger partial charge in [0.05, 0.1) is 5.56 Å². The highest BCUT2D eigenvalue weighted by molar-refractivity contribution is 7.86. The molecule has 0 aliphatic heterocycles. The second kappa shape index (κ2) is 6.04. The Kier molecular flexibility index (Phi) is 5.14. The maximum Gasteiger partial charge on any atom is 0.417 e. The molecule has 1 atom stereocenters. The number of rotatable bonds is 5. The highest BCUT2D eigenvalue weighted by atomic mass is 32.2. The summed E-state index contributed by atoms with van der Waals surface area (Å²) < 4.78 is 80.1. The van der Waals surface area contributed by atoms with Gasteiger partial charge in [-0.1, -0.05) is 12.1 Å². The first-order valence-electron chi connectivity index (χ1n) is 4.81. The van der Waals surface area contributed by atoms with E-state index >= 15 is 0 Å². The van der Waals surface area contributed by atoms with Crippen molar-refractivity contribution in [1.29, 1.82) is 0 Å². The maximum atomic E-state index is 12.7. The lowest BCUT2D eigenvalue weighted by molar-refractivity contribution is -0.140. The van der Waals surface area contributed by atoms with Crippen molar-refractivity contribution in [3.8, 4) is 0 Å². The Labute approximate surface area is 108 Å². The van der Waals surface area contributed by atoms with E-state index in [1.807, 2.05) is 0 Å². The molecular formula is C9H10F3O5PS. The number of alkyl halides is 3. The summed E-state index contributed by atoms with van der Waals surface area (Å²) in [5, 5.41) is 0. The van der Waals surface area contributed by atoms with Crippen LogP contribution in [0.2, 0.25) is 0 Å². The Morgan fingerprint density at radius 1 is 1.32 bits per heavy atom. The second-order valence-corrected chi connectivity index (χ2v) is 5.48. The van der Waals surface area contributed by atoms with Gasteiger partial charge in [0.1, 0.15) is 4.90 Å². The minimum atomic E-state index is -4.83. The molecule has 0 saturated carbocycles. The molecule has 0 heterocycles. The molecule has 0 saturated heterocycles. The van der Waals surface area contributed by atoms with E-state index in [1.165, 1.54) is 13.0 Å². The van der Waals surface area contributed by atoms with Gasteiger partial charge in [0.15, 0.2) is 15.5 Å². The molecule has 1 aromatic rings. The van der Waals surface area contributed by atoms with Crippen molar-refractivity contribution in [3.63, 3.8) is 0 Å². The molecule has 10 heteroatoms. The zero-order valence-electron chi connectivity index (χ0n) is 9.60. The molecule has 108 valence electrons. The van der Waals surface area contributed by atoms with Crippen molar-refractivity contribution >= 4 is 18.8 Å². The Hall–Kier alpha value is -0.890. The smallest absolute Gasteiger partial charge is 0.304 e. The molecule has 1 unspecified atom stereocenters. The SMILES string of the molecule is Cc1cccc(C(F)(F)F)c1S(=O)(=O)OCO[PH2]=O. The fourth-order valence-electron chi connectivity index (χ4n) is 1.39. The van der Waals surface area contributed by atoms with Crippen molar-refractivity contribution in [2.75, 3.05) is 6.79 Å². The summed E-state index contributed by atoms with van der Waals surface area (Å²) in [7, 11) is -6.36. The van der Waals surface area contributed by atoms with E-state index < -0.39 is 42.2 Å². The monoisotopic (exact) mass is 318 g/mol. The largest absolute Gasteiger partial charge is 0.417 e. The molecule has 0 aliphatic rings. The van der Waals surface area contributed by atoms with Crippen LogP contribution in [0.1, 0.15) is 11.1 Å². The van der Waals surface area contributed by atoms with Crippen molar-refractivity contribution in [2.45, 2.75) is 18.0 Å². The zero-order chi connectivity index (χ0) is 14.7. The molecule has 0 bridgehead atoms. The van der Waals surface area contributed by atoms with E-state index in [2.05, 4.69) is 8.71 Å². The molecule has 0 amide bonds.